The van der Waals surface area contributed by atoms with Crippen molar-refractivity contribution in [3.63, 3.8) is 0 Å². The zero-order valence-electron chi connectivity index (χ0n) is 20.6. The Bertz CT molecular complexity index is 2060. The average molecular weight is 486 g/mol. The Morgan fingerprint density at radius 1 is 0.500 bits per heavy atom. The number of hydrogen-bond acceptors (Lipinski definition) is 1. The van der Waals surface area contributed by atoms with Gasteiger partial charge in [0.15, 0.2) is 0 Å². The van der Waals surface area contributed by atoms with Crippen LogP contribution in [0.1, 0.15) is 0 Å². The van der Waals surface area contributed by atoms with Crippen LogP contribution in [0.2, 0.25) is 0 Å². The first kappa shape index (κ1) is 21.0. The molecule has 0 fully saturated rings. The van der Waals surface area contributed by atoms with Gasteiger partial charge in [0.2, 0.25) is 0 Å². The lowest BCUT2D eigenvalue weighted by Gasteiger charge is -2.13. The molecule has 0 saturated heterocycles. The Kier molecular flexibility index (Phi) is 4.52. The van der Waals surface area contributed by atoms with E-state index in [0.717, 1.165) is 33.6 Å². The van der Waals surface area contributed by atoms with Crippen molar-refractivity contribution in [2.24, 2.45) is 0 Å². The first-order chi connectivity index (χ1) is 18.9. The summed E-state index contributed by atoms with van der Waals surface area (Å²) >= 11 is 0. The fourth-order valence-electron chi connectivity index (χ4n) is 5.86. The summed E-state index contributed by atoms with van der Waals surface area (Å²) in [5.41, 5.74) is 9.21. The molecule has 0 radical (unpaired) electrons. The van der Waals surface area contributed by atoms with Crippen LogP contribution in [-0.2, 0) is 0 Å². The SMILES string of the molecule is c1ccc(-c2cnn3c(-c4ccccc4)cc4ccc(-n5c6ccccc6c6ccccc65)cc4c23)cc1. The molecule has 0 aliphatic carbocycles. The third-order valence-corrected chi connectivity index (χ3v) is 7.57. The van der Waals surface area contributed by atoms with Gasteiger partial charge in [-0.15, -0.1) is 0 Å². The Morgan fingerprint density at radius 3 is 1.79 bits per heavy atom. The van der Waals surface area contributed by atoms with Crippen molar-refractivity contribution in [3.05, 3.63) is 140 Å². The highest BCUT2D eigenvalue weighted by Crippen LogP contribution is 2.37. The molecule has 8 aromatic rings. The summed E-state index contributed by atoms with van der Waals surface area (Å²) in [6.07, 6.45) is 2.00. The number of fused-ring (bicyclic) bond motifs is 6. The number of rotatable bonds is 3. The van der Waals surface area contributed by atoms with Gasteiger partial charge in [0.1, 0.15) is 0 Å². The Morgan fingerprint density at radius 2 is 1.11 bits per heavy atom. The highest BCUT2D eigenvalue weighted by molar-refractivity contribution is 6.10. The molecule has 0 spiro atoms. The van der Waals surface area contributed by atoms with Gasteiger partial charge in [0, 0.05) is 33.0 Å². The van der Waals surface area contributed by atoms with Crippen LogP contribution in [-0.4, -0.2) is 14.2 Å². The van der Waals surface area contributed by atoms with E-state index in [0.29, 0.717) is 0 Å². The van der Waals surface area contributed by atoms with Gasteiger partial charge in [0.25, 0.3) is 0 Å². The number of para-hydroxylation sites is 2. The lowest BCUT2D eigenvalue weighted by Crippen LogP contribution is -1.98. The molecular formula is C35H23N3. The molecule has 3 aromatic heterocycles. The van der Waals surface area contributed by atoms with E-state index in [2.05, 4.69) is 143 Å². The maximum absolute atomic E-state index is 4.92. The number of nitrogens with zero attached hydrogens (tertiary/aromatic N) is 3. The van der Waals surface area contributed by atoms with Gasteiger partial charge in [0.05, 0.1) is 28.4 Å². The van der Waals surface area contributed by atoms with E-state index in [1.165, 1.54) is 32.6 Å². The minimum atomic E-state index is 1.08. The molecule has 3 nitrogen and oxygen atoms in total. The van der Waals surface area contributed by atoms with Gasteiger partial charge >= 0.3 is 0 Å². The Hall–Kier alpha value is -5.15. The van der Waals surface area contributed by atoms with Crippen LogP contribution in [0, 0.1) is 0 Å². The smallest absolute Gasteiger partial charge is 0.0826 e. The van der Waals surface area contributed by atoms with Crippen molar-refractivity contribution in [2.75, 3.05) is 0 Å². The average Bonchev–Trinajstić information content (AvgIpc) is 3.58. The van der Waals surface area contributed by atoms with Crippen LogP contribution in [0.5, 0.6) is 0 Å². The Labute approximate surface area is 219 Å². The predicted octanol–water partition coefficient (Wildman–Crippen LogP) is 8.92. The first-order valence-corrected chi connectivity index (χ1v) is 12.9. The quantitative estimate of drug-likeness (QED) is 0.245. The van der Waals surface area contributed by atoms with Crippen molar-refractivity contribution in [1.29, 1.82) is 0 Å². The van der Waals surface area contributed by atoms with Crippen LogP contribution in [0.4, 0.5) is 0 Å². The molecule has 3 heteroatoms. The lowest BCUT2D eigenvalue weighted by atomic mass is 10.0. The summed E-state index contributed by atoms with van der Waals surface area (Å²) < 4.78 is 4.49. The molecule has 8 rings (SSSR count). The van der Waals surface area contributed by atoms with Crippen molar-refractivity contribution in [3.8, 4) is 28.1 Å². The summed E-state index contributed by atoms with van der Waals surface area (Å²) in [4.78, 5) is 0. The topological polar surface area (TPSA) is 22.2 Å². The van der Waals surface area contributed by atoms with Crippen LogP contribution in [0.25, 0.3) is 66.2 Å². The number of hydrogen-bond donors (Lipinski definition) is 0. The molecule has 0 bridgehead atoms. The minimum Gasteiger partial charge on any atom is -0.309 e. The van der Waals surface area contributed by atoms with Crippen molar-refractivity contribution in [2.45, 2.75) is 0 Å². The second-order valence-corrected chi connectivity index (χ2v) is 9.72. The monoisotopic (exact) mass is 485 g/mol. The van der Waals surface area contributed by atoms with Crippen LogP contribution < -0.4 is 0 Å². The molecule has 0 aliphatic heterocycles. The summed E-state index contributed by atoms with van der Waals surface area (Å²) in [5, 5.41) is 9.83. The lowest BCUT2D eigenvalue weighted by molar-refractivity contribution is 0.975. The van der Waals surface area contributed by atoms with E-state index >= 15 is 0 Å². The molecule has 0 aliphatic rings. The van der Waals surface area contributed by atoms with E-state index in [9.17, 15) is 0 Å². The van der Waals surface area contributed by atoms with Crippen molar-refractivity contribution < 1.29 is 0 Å². The van der Waals surface area contributed by atoms with Gasteiger partial charge in [-0.05, 0) is 41.3 Å². The largest absolute Gasteiger partial charge is 0.309 e. The normalized spacial score (nSPS) is 11.7. The van der Waals surface area contributed by atoms with E-state index in [1.54, 1.807) is 0 Å². The molecule has 0 atom stereocenters. The molecule has 0 amide bonds. The third-order valence-electron chi connectivity index (χ3n) is 7.57. The van der Waals surface area contributed by atoms with Gasteiger partial charge in [-0.2, -0.15) is 5.10 Å². The molecule has 0 N–H and O–H groups in total. The van der Waals surface area contributed by atoms with Gasteiger partial charge < -0.3 is 4.57 Å². The van der Waals surface area contributed by atoms with Crippen LogP contribution in [0.3, 0.4) is 0 Å². The van der Waals surface area contributed by atoms with Gasteiger partial charge in [-0.25, -0.2) is 4.52 Å². The molecule has 5 aromatic carbocycles. The number of benzene rings is 5. The maximum atomic E-state index is 4.92. The van der Waals surface area contributed by atoms with E-state index in [1.807, 2.05) is 6.20 Å². The van der Waals surface area contributed by atoms with E-state index in [-0.39, 0.29) is 0 Å². The molecular weight excluding hydrogens is 462 g/mol. The molecule has 0 saturated carbocycles. The fraction of sp³-hybridized carbons (Fsp3) is 0. The summed E-state index contributed by atoms with van der Waals surface area (Å²) in [6.45, 7) is 0. The van der Waals surface area contributed by atoms with Crippen molar-refractivity contribution in [1.82, 2.24) is 14.2 Å². The molecule has 178 valence electrons. The van der Waals surface area contributed by atoms with E-state index < -0.39 is 0 Å². The second-order valence-electron chi connectivity index (χ2n) is 9.72. The third kappa shape index (κ3) is 3.06. The summed E-state index contributed by atoms with van der Waals surface area (Å²) in [7, 11) is 0. The van der Waals surface area contributed by atoms with Crippen molar-refractivity contribution >= 4 is 38.1 Å². The summed E-state index contributed by atoms with van der Waals surface area (Å²) in [6, 6.07) is 47.5. The molecule has 38 heavy (non-hydrogen) atoms. The fourth-order valence-corrected chi connectivity index (χ4v) is 5.86. The first-order valence-electron chi connectivity index (χ1n) is 12.9. The van der Waals surface area contributed by atoms with Crippen LogP contribution in [0.15, 0.2) is 140 Å². The minimum absolute atomic E-state index is 1.08. The van der Waals surface area contributed by atoms with Gasteiger partial charge in [-0.3, -0.25) is 0 Å². The molecule has 0 unspecified atom stereocenters. The standard InChI is InChI=1S/C35H23N3/c1-3-11-24(12-4-1)31-23-36-38-34(25-13-5-2-6-14-25)21-26-19-20-27(22-30(26)35(31)38)37-32-17-9-7-15-28(32)29-16-8-10-18-33(29)37/h1-23H. The Balaban J connectivity index is 1.49. The highest BCUT2D eigenvalue weighted by atomic mass is 15.2. The highest BCUT2D eigenvalue weighted by Gasteiger charge is 2.17. The second kappa shape index (κ2) is 8.19. The zero-order valence-corrected chi connectivity index (χ0v) is 20.6. The number of pyridine rings is 1. The molecule has 3 heterocycles. The predicted molar refractivity (Wildman–Crippen MR) is 158 cm³/mol. The van der Waals surface area contributed by atoms with E-state index in [4.69, 9.17) is 5.10 Å². The number of aromatic nitrogens is 3. The maximum Gasteiger partial charge on any atom is 0.0826 e. The summed E-state index contributed by atoms with van der Waals surface area (Å²) in [5.74, 6) is 0. The van der Waals surface area contributed by atoms with Gasteiger partial charge in [-0.1, -0.05) is 103 Å². The van der Waals surface area contributed by atoms with Crippen LogP contribution >= 0.6 is 0 Å². The zero-order chi connectivity index (χ0) is 25.1.